The number of aldehydes is 1. The summed E-state index contributed by atoms with van der Waals surface area (Å²) in [5, 5.41) is 1.08. The number of nitrogens with zero attached hydrogens (tertiary/aromatic N) is 2. The maximum atomic E-state index is 11.3. The Labute approximate surface area is 125 Å². The third-order valence-electron chi connectivity index (χ3n) is 4.72. The molecule has 1 aromatic rings. The monoisotopic (exact) mass is 292 g/mol. The fourth-order valence-electron chi connectivity index (χ4n) is 3.70. The van der Waals surface area contributed by atoms with Crippen LogP contribution in [0.4, 0.5) is 5.13 Å². The number of hydrogen-bond acceptors (Lipinski definition) is 4. The quantitative estimate of drug-likeness (QED) is 0.772. The van der Waals surface area contributed by atoms with Gasteiger partial charge >= 0.3 is 0 Å². The highest BCUT2D eigenvalue weighted by atomic mass is 32.1. The van der Waals surface area contributed by atoms with E-state index in [2.05, 4.69) is 25.7 Å². The topological polar surface area (TPSA) is 33.2 Å². The fourth-order valence-corrected chi connectivity index (χ4v) is 4.88. The molecule has 0 N–H and O–H groups in total. The second kappa shape index (κ2) is 5.14. The van der Waals surface area contributed by atoms with Gasteiger partial charge in [0.2, 0.25) is 0 Å². The average Bonchev–Trinajstić information content (AvgIpc) is 3.01. The zero-order valence-corrected chi connectivity index (χ0v) is 13.5. The lowest BCUT2D eigenvalue weighted by Crippen LogP contribution is -2.34. The van der Waals surface area contributed by atoms with Crippen molar-refractivity contribution in [1.82, 2.24) is 4.98 Å². The number of hydrogen-bond donors (Lipinski definition) is 0. The third kappa shape index (κ3) is 2.39. The molecule has 2 atom stereocenters. The van der Waals surface area contributed by atoms with E-state index in [0.29, 0.717) is 6.04 Å². The van der Waals surface area contributed by atoms with Crippen LogP contribution in [0.5, 0.6) is 0 Å². The smallest absolute Gasteiger partial charge is 0.186 e. The number of fused-ring (bicyclic) bond motifs is 1. The molecule has 0 aromatic carbocycles. The molecule has 0 amide bonds. The van der Waals surface area contributed by atoms with Crippen molar-refractivity contribution in [2.24, 2.45) is 5.92 Å². The molecule has 1 saturated heterocycles. The molecule has 110 valence electrons. The van der Waals surface area contributed by atoms with Gasteiger partial charge in [0.1, 0.15) is 0 Å². The molecule has 3 rings (SSSR count). The Balaban J connectivity index is 1.91. The van der Waals surface area contributed by atoms with Gasteiger partial charge in [0, 0.05) is 18.0 Å². The van der Waals surface area contributed by atoms with Crippen molar-refractivity contribution in [3.05, 3.63) is 10.6 Å². The van der Waals surface area contributed by atoms with Crippen molar-refractivity contribution in [1.29, 1.82) is 0 Å². The number of anilines is 1. The van der Waals surface area contributed by atoms with Crippen LogP contribution in [-0.2, 0) is 5.41 Å². The molecular formula is C16H24N2OS. The number of carbonyl (C=O) groups excluding carboxylic acids is 1. The number of thiazole rings is 1. The molecule has 0 bridgehead atoms. The standard InChI is InChI=1S/C16H24N2OS/c1-16(2,3)14-13(10-19)20-15(17-14)18-9-8-11-6-4-5-7-12(11)18/h10-12H,4-9H2,1-3H3. The minimum Gasteiger partial charge on any atom is -0.345 e. The van der Waals surface area contributed by atoms with Gasteiger partial charge in [0.15, 0.2) is 11.4 Å². The molecule has 0 radical (unpaired) electrons. The first kappa shape index (κ1) is 14.1. The molecule has 20 heavy (non-hydrogen) atoms. The summed E-state index contributed by atoms with van der Waals surface area (Å²) < 4.78 is 0. The molecule has 1 saturated carbocycles. The number of carbonyl (C=O) groups is 1. The summed E-state index contributed by atoms with van der Waals surface area (Å²) >= 11 is 1.59. The Morgan fingerprint density at radius 1 is 1.25 bits per heavy atom. The van der Waals surface area contributed by atoms with Crippen molar-refractivity contribution < 1.29 is 4.79 Å². The summed E-state index contributed by atoms with van der Waals surface area (Å²) in [4.78, 5) is 19.5. The largest absolute Gasteiger partial charge is 0.345 e. The third-order valence-corrected chi connectivity index (χ3v) is 5.73. The molecule has 3 nitrogen and oxygen atoms in total. The predicted molar refractivity (Wildman–Crippen MR) is 83.9 cm³/mol. The number of aromatic nitrogens is 1. The van der Waals surface area contributed by atoms with Gasteiger partial charge in [-0.25, -0.2) is 4.98 Å². The van der Waals surface area contributed by atoms with Crippen LogP contribution in [-0.4, -0.2) is 23.9 Å². The SMILES string of the molecule is CC(C)(C)c1nc(N2CCC3CCCCC32)sc1C=O. The molecule has 0 spiro atoms. The lowest BCUT2D eigenvalue weighted by Gasteiger charge is -2.31. The van der Waals surface area contributed by atoms with Crippen molar-refractivity contribution in [3.8, 4) is 0 Å². The maximum absolute atomic E-state index is 11.3. The van der Waals surface area contributed by atoms with Gasteiger partial charge in [0.25, 0.3) is 0 Å². The molecule has 2 fully saturated rings. The lowest BCUT2D eigenvalue weighted by atomic mass is 9.85. The van der Waals surface area contributed by atoms with Crippen LogP contribution in [0.2, 0.25) is 0 Å². The second-order valence-corrected chi connectivity index (χ2v) is 8.18. The van der Waals surface area contributed by atoms with E-state index in [-0.39, 0.29) is 5.41 Å². The van der Waals surface area contributed by atoms with Gasteiger partial charge in [-0.05, 0) is 25.2 Å². The minimum atomic E-state index is -0.0588. The van der Waals surface area contributed by atoms with Crippen LogP contribution in [0.15, 0.2) is 0 Å². The summed E-state index contributed by atoms with van der Waals surface area (Å²) in [5.41, 5.74) is 0.906. The van der Waals surface area contributed by atoms with Crippen LogP contribution < -0.4 is 4.90 Å². The van der Waals surface area contributed by atoms with E-state index >= 15 is 0 Å². The van der Waals surface area contributed by atoms with Gasteiger partial charge in [-0.1, -0.05) is 44.9 Å². The Bertz CT molecular complexity index is 503. The van der Waals surface area contributed by atoms with Crippen LogP contribution in [0.25, 0.3) is 0 Å². The summed E-state index contributed by atoms with van der Waals surface area (Å²) in [6.07, 6.45) is 7.68. The van der Waals surface area contributed by atoms with Crippen molar-refractivity contribution in [2.45, 2.75) is 64.3 Å². The highest BCUT2D eigenvalue weighted by molar-refractivity contribution is 7.17. The highest BCUT2D eigenvalue weighted by Gasteiger charge is 2.37. The van der Waals surface area contributed by atoms with Crippen molar-refractivity contribution >= 4 is 22.8 Å². The van der Waals surface area contributed by atoms with E-state index in [0.717, 1.165) is 34.5 Å². The van der Waals surface area contributed by atoms with Gasteiger partial charge in [-0.2, -0.15) is 0 Å². The first-order chi connectivity index (χ1) is 9.50. The Kier molecular flexibility index (Phi) is 3.61. The van der Waals surface area contributed by atoms with Crippen LogP contribution in [0, 0.1) is 5.92 Å². The van der Waals surface area contributed by atoms with E-state index in [9.17, 15) is 4.79 Å². The molecule has 2 heterocycles. The van der Waals surface area contributed by atoms with Crippen molar-refractivity contribution in [2.75, 3.05) is 11.4 Å². The molecule has 1 aliphatic carbocycles. The summed E-state index contributed by atoms with van der Waals surface area (Å²) in [5.74, 6) is 0.852. The van der Waals surface area contributed by atoms with E-state index in [1.165, 1.54) is 32.1 Å². The van der Waals surface area contributed by atoms with Gasteiger partial charge in [-0.3, -0.25) is 4.79 Å². The normalized spacial score (nSPS) is 26.6. The summed E-state index contributed by atoms with van der Waals surface area (Å²) in [6, 6.07) is 0.669. The molecule has 1 aromatic heterocycles. The van der Waals surface area contributed by atoms with Crippen LogP contribution in [0.1, 0.15) is 68.2 Å². The van der Waals surface area contributed by atoms with Crippen LogP contribution >= 0.6 is 11.3 Å². The Morgan fingerprint density at radius 2 is 2.00 bits per heavy atom. The zero-order valence-electron chi connectivity index (χ0n) is 12.7. The molecule has 2 unspecified atom stereocenters. The Morgan fingerprint density at radius 3 is 2.65 bits per heavy atom. The first-order valence-corrected chi connectivity index (χ1v) is 8.55. The first-order valence-electron chi connectivity index (χ1n) is 7.74. The lowest BCUT2D eigenvalue weighted by molar-refractivity contribution is 0.112. The van der Waals surface area contributed by atoms with Gasteiger partial charge in [0.05, 0.1) is 10.6 Å². The van der Waals surface area contributed by atoms with Crippen LogP contribution in [0.3, 0.4) is 0 Å². The van der Waals surface area contributed by atoms with Gasteiger partial charge in [-0.15, -0.1) is 0 Å². The molecule has 4 heteroatoms. The molecule has 2 aliphatic rings. The zero-order chi connectivity index (χ0) is 14.3. The minimum absolute atomic E-state index is 0.0588. The highest BCUT2D eigenvalue weighted by Crippen LogP contribution is 2.41. The molecule has 1 aliphatic heterocycles. The summed E-state index contributed by atoms with van der Waals surface area (Å²) in [6.45, 7) is 7.51. The Hall–Kier alpha value is -0.900. The van der Waals surface area contributed by atoms with E-state index in [1.807, 2.05) is 0 Å². The number of rotatable bonds is 2. The summed E-state index contributed by atoms with van der Waals surface area (Å²) in [7, 11) is 0. The fraction of sp³-hybridized carbons (Fsp3) is 0.750. The average molecular weight is 292 g/mol. The molecular weight excluding hydrogens is 268 g/mol. The van der Waals surface area contributed by atoms with E-state index < -0.39 is 0 Å². The van der Waals surface area contributed by atoms with E-state index in [4.69, 9.17) is 4.98 Å². The van der Waals surface area contributed by atoms with Gasteiger partial charge < -0.3 is 4.90 Å². The predicted octanol–water partition coefficient (Wildman–Crippen LogP) is 4.02. The van der Waals surface area contributed by atoms with E-state index in [1.54, 1.807) is 11.3 Å². The maximum Gasteiger partial charge on any atom is 0.186 e. The second-order valence-electron chi connectivity index (χ2n) is 7.17. The van der Waals surface area contributed by atoms with Crippen molar-refractivity contribution in [3.63, 3.8) is 0 Å².